The van der Waals surface area contributed by atoms with Crippen LogP contribution in [0, 0.1) is 13.8 Å². The van der Waals surface area contributed by atoms with Gasteiger partial charge in [-0.2, -0.15) is 0 Å². The molecule has 160 valence electrons. The average molecular weight is 418 g/mol. The molecular weight excluding hydrogens is 392 g/mol. The Morgan fingerprint density at radius 2 is 1.90 bits per heavy atom. The predicted molar refractivity (Wildman–Crippen MR) is 120 cm³/mol. The number of rotatable bonds is 5. The van der Waals surface area contributed by atoms with E-state index in [0.29, 0.717) is 16.7 Å². The van der Waals surface area contributed by atoms with E-state index in [1.54, 1.807) is 22.8 Å². The molecule has 0 saturated heterocycles. The lowest BCUT2D eigenvalue weighted by molar-refractivity contribution is -0.122. The second kappa shape index (κ2) is 8.71. The number of carbonyl (C=O) groups excluding carboxylic acids is 2. The van der Waals surface area contributed by atoms with Crippen molar-refractivity contribution in [1.29, 1.82) is 0 Å². The van der Waals surface area contributed by atoms with Gasteiger partial charge in [0.05, 0.1) is 5.39 Å². The Bertz CT molecular complexity index is 1210. The van der Waals surface area contributed by atoms with Gasteiger partial charge in [0.25, 0.3) is 5.91 Å². The minimum Gasteiger partial charge on any atom is -0.352 e. The summed E-state index contributed by atoms with van der Waals surface area (Å²) in [6.07, 6.45) is 5.65. The van der Waals surface area contributed by atoms with Crippen LogP contribution in [0.15, 0.2) is 47.4 Å². The lowest BCUT2D eigenvalue weighted by atomic mass is 10.1. The highest BCUT2D eigenvalue weighted by Gasteiger charge is 2.20. The summed E-state index contributed by atoms with van der Waals surface area (Å²) in [5.41, 5.74) is 2.31. The van der Waals surface area contributed by atoms with Crippen LogP contribution in [0.4, 0.5) is 5.69 Å². The molecule has 31 heavy (non-hydrogen) atoms. The van der Waals surface area contributed by atoms with Crippen molar-refractivity contribution in [2.75, 3.05) is 5.32 Å². The second-order valence-corrected chi connectivity index (χ2v) is 8.20. The van der Waals surface area contributed by atoms with Crippen LogP contribution >= 0.6 is 0 Å². The van der Waals surface area contributed by atoms with E-state index >= 15 is 0 Å². The third-order valence-electron chi connectivity index (χ3n) is 5.62. The molecule has 1 aromatic carbocycles. The minimum atomic E-state index is -0.511. The predicted octanol–water partition coefficient (Wildman–Crippen LogP) is 3.32. The number of hydrogen-bond donors (Lipinski definition) is 2. The molecule has 2 N–H and O–H groups in total. The van der Waals surface area contributed by atoms with Crippen LogP contribution < -0.4 is 16.1 Å². The van der Waals surface area contributed by atoms with Gasteiger partial charge in [-0.3, -0.25) is 14.4 Å². The smallest absolute Gasteiger partial charge is 0.261 e. The van der Waals surface area contributed by atoms with Crippen molar-refractivity contribution < 1.29 is 9.59 Å². The van der Waals surface area contributed by atoms with Crippen molar-refractivity contribution in [2.45, 2.75) is 52.1 Å². The molecule has 1 aliphatic carbocycles. The SMILES string of the molecule is Cc1cccc(NC(=O)c2cn(CC(=O)NC3CCCC3)c3nc(C)ccc3c2=O)c1. The van der Waals surface area contributed by atoms with Crippen molar-refractivity contribution in [1.82, 2.24) is 14.9 Å². The summed E-state index contributed by atoms with van der Waals surface area (Å²) < 4.78 is 1.60. The summed E-state index contributed by atoms with van der Waals surface area (Å²) in [5, 5.41) is 6.15. The van der Waals surface area contributed by atoms with Gasteiger partial charge in [0.2, 0.25) is 11.3 Å². The summed E-state index contributed by atoms with van der Waals surface area (Å²) in [4.78, 5) is 43.1. The highest BCUT2D eigenvalue weighted by Crippen LogP contribution is 2.18. The Labute approximate surface area is 180 Å². The van der Waals surface area contributed by atoms with Crippen molar-refractivity contribution in [3.8, 4) is 0 Å². The van der Waals surface area contributed by atoms with E-state index < -0.39 is 11.3 Å². The van der Waals surface area contributed by atoms with Crippen molar-refractivity contribution in [3.63, 3.8) is 0 Å². The summed E-state index contributed by atoms with van der Waals surface area (Å²) in [5.74, 6) is -0.659. The number of nitrogens with zero attached hydrogens (tertiary/aromatic N) is 2. The summed E-state index contributed by atoms with van der Waals surface area (Å²) >= 11 is 0. The van der Waals surface area contributed by atoms with Gasteiger partial charge in [-0.25, -0.2) is 4.98 Å². The third kappa shape index (κ3) is 4.66. The van der Waals surface area contributed by atoms with Crippen LogP contribution in [0.25, 0.3) is 11.0 Å². The number of benzene rings is 1. The average Bonchev–Trinajstić information content (AvgIpc) is 3.22. The molecule has 4 rings (SSSR count). The van der Waals surface area contributed by atoms with E-state index in [2.05, 4.69) is 15.6 Å². The highest BCUT2D eigenvalue weighted by atomic mass is 16.2. The first-order valence-electron chi connectivity index (χ1n) is 10.6. The molecule has 3 aromatic rings. The molecular formula is C24H26N4O3. The largest absolute Gasteiger partial charge is 0.352 e. The molecule has 7 heteroatoms. The highest BCUT2D eigenvalue weighted by molar-refractivity contribution is 6.05. The van der Waals surface area contributed by atoms with Crippen LogP contribution in [0.2, 0.25) is 0 Å². The fourth-order valence-corrected chi connectivity index (χ4v) is 4.06. The van der Waals surface area contributed by atoms with Gasteiger partial charge in [-0.1, -0.05) is 25.0 Å². The van der Waals surface area contributed by atoms with E-state index in [1.165, 1.54) is 6.20 Å². The first-order chi connectivity index (χ1) is 14.9. The van der Waals surface area contributed by atoms with Crippen LogP contribution in [-0.4, -0.2) is 27.4 Å². The molecule has 0 aliphatic heterocycles. The number of aromatic nitrogens is 2. The lowest BCUT2D eigenvalue weighted by Gasteiger charge is -2.16. The minimum absolute atomic E-state index is 0.00550. The summed E-state index contributed by atoms with van der Waals surface area (Å²) in [6.45, 7) is 3.75. The Morgan fingerprint density at radius 3 is 2.65 bits per heavy atom. The van der Waals surface area contributed by atoms with E-state index in [-0.39, 0.29) is 24.1 Å². The maximum Gasteiger partial charge on any atom is 0.261 e. The Morgan fingerprint density at radius 1 is 1.13 bits per heavy atom. The Hall–Kier alpha value is -3.48. The molecule has 0 spiro atoms. The molecule has 2 aromatic heterocycles. The molecule has 2 amide bonds. The Balaban J connectivity index is 1.69. The number of carbonyl (C=O) groups is 2. The molecule has 0 unspecified atom stereocenters. The zero-order valence-electron chi connectivity index (χ0n) is 17.8. The van der Waals surface area contributed by atoms with Crippen LogP contribution in [0.5, 0.6) is 0 Å². The maximum absolute atomic E-state index is 13.0. The number of fused-ring (bicyclic) bond motifs is 1. The Kier molecular flexibility index (Phi) is 5.84. The van der Waals surface area contributed by atoms with Crippen LogP contribution in [0.3, 0.4) is 0 Å². The van der Waals surface area contributed by atoms with Gasteiger partial charge in [0.15, 0.2) is 0 Å². The molecule has 0 radical (unpaired) electrons. The maximum atomic E-state index is 13.0. The standard InChI is InChI=1S/C24H26N4O3/c1-15-6-5-9-18(12-15)27-24(31)20-13-28(14-21(29)26-17-7-3-4-8-17)23-19(22(20)30)11-10-16(2)25-23/h5-6,9-13,17H,3-4,7-8,14H2,1-2H3,(H,26,29)(H,27,31). The number of anilines is 1. The molecule has 0 bridgehead atoms. The van der Waals surface area contributed by atoms with E-state index in [9.17, 15) is 14.4 Å². The second-order valence-electron chi connectivity index (χ2n) is 8.20. The molecule has 2 heterocycles. The van der Waals surface area contributed by atoms with Crippen molar-refractivity contribution in [3.05, 3.63) is 69.6 Å². The fraction of sp³-hybridized carbons (Fsp3) is 0.333. The van der Waals surface area contributed by atoms with E-state index in [1.807, 2.05) is 32.0 Å². The molecule has 1 fully saturated rings. The lowest BCUT2D eigenvalue weighted by Crippen LogP contribution is -2.36. The molecule has 0 atom stereocenters. The normalized spacial score (nSPS) is 14.0. The van der Waals surface area contributed by atoms with Gasteiger partial charge >= 0.3 is 0 Å². The van der Waals surface area contributed by atoms with E-state index in [4.69, 9.17) is 0 Å². The quantitative estimate of drug-likeness (QED) is 0.665. The van der Waals surface area contributed by atoms with Crippen LogP contribution in [0.1, 0.15) is 47.3 Å². The fourth-order valence-electron chi connectivity index (χ4n) is 4.06. The first-order valence-corrected chi connectivity index (χ1v) is 10.6. The van der Waals surface area contributed by atoms with Gasteiger partial charge in [0.1, 0.15) is 17.8 Å². The monoisotopic (exact) mass is 418 g/mol. The number of aryl methyl sites for hydroxylation is 2. The number of pyridine rings is 2. The van der Waals surface area contributed by atoms with Crippen LogP contribution in [-0.2, 0) is 11.3 Å². The third-order valence-corrected chi connectivity index (χ3v) is 5.62. The van der Waals surface area contributed by atoms with Crippen molar-refractivity contribution >= 4 is 28.5 Å². The van der Waals surface area contributed by atoms with Gasteiger partial charge in [-0.15, -0.1) is 0 Å². The van der Waals surface area contributed by atoms with Gasteiger partial charge < -0.3 is 15.2 Å². The number of amides is 2. The number of hydrogen-bond acceptors (Lipinski definition) is 4. The molecule has 1 aliphatic rings. The number of nitrogens with one attached hydrogen (secondary N) is 2. The zero-order valence-corrected chi connectivity index (χ0v) is 17.8. The molecule has 1 saturated carbocycles. The van der Waals surface area contributed by atoms with Crippen molar-refractivity contribution in [2.24, 2.45) is 0 Å². The van der Waals surface area contributed by atoms with Gasteiger partial charge in [0, 0.05) is 23.6 Å². The first kappa shape index (κ1) is 20.8. The van der Waals surface area contributed by atoms with Gasteiger partial charge in [-0.05, 0) is 56.5 Å². The topological polar surface area (TPSA) is 93.1 Å². The molecule has 7 nitrogen and oxygen atoms in total. The van der Waals surface area contributed by atoms with E-state index in [0.717, 1.165) is 36.9 Å². The summed E-state index contributed by atoms with van der Waals surface area (Å²) in [6, 6.07) is 10.9. The zero-order chi connectivity index (χ0) is 22.0. The summed E-state index contributed by atoms with van der Waals surface area (Å²) in [7, 11) is 0.